The van der Waals surface area contributed by atoms with Crippen LogP contribution >= 0.6 is 0 Å². The van der Waals surface area contributed by atoms with E-state index in [0.29, 0.717) is 19.4 Å². The van der Waals surface area contributed by atoms with Gasteiger partial charge in [0.25, 0.3) is 0 Å². The Morgan fingerprint density at radius 2 is 2.08 bits per heavy atom. The van der Waals surface area contributed by atoms with Crippen LogP contribution < -0.4 is 5.43 Å². The summed E-state index contributed by atoms with van der Waals surface area (Å²) >= 11 is 0. The van der Waals surface area contributed by atoms with Crippen molar-refractivity contribution in [1.29, 1.82) is 0 Å². The monoisotopic (exact) mass is 184 g/mol. The van der Waals surface area contributed by atoms with Crippen molar-refractivity contribution in [3.8, 4) is 0 Å². The van der Waals surface area contributed by atoms with E-state index in [-0.39, 0.29) is 11.8 Å². The summed E-state index contributed by atoms with van der Waals surface area (Å²) in [5, 5.41) is 1.45. The van der Waals surface area contributed by atoms with Gasteiger partial charge in [0.15, 0.2) is 0 Å². The van der Waals surface area contributed by atoms with Crippen LogP contribution in [0.25, 0.3) is 0 Å². The molecule has 1 aliphatic rings. The van der Waals surface area contributed by atoms with E-state index < -0.39 is 0 Å². The van der Waals surface area contributed by atoms with Crippen LogP contribution in [-0.4, -0.2) is 23.4 Å². The minimum Gasteiger partial charge on any atom is -0.273 e. The first-order chi connectivity index (χ1) is 6.24. The first-order valence-corrected chi connectivity index (χ1v) is 4.84. The van der Waals surface area contributed by atoms with Gasteiger partial charge in [-0.2, -0.15) is 0 Å². The standard InChI is InChI=1S/C9H16N2O2/c1-2-3-4-7-11-9(13)6-5-8(12)10-11/h2-7H2,1H3,(H,10,12). The Morgan fingerprint density at radius 1 is 1.31 bits per heavy atom. The Balaban J connectivity index is 2.29. The molecule has 74 valence electrons. The normalized spacial score (nSPS) is 17.5. The SMILES string of the molecule is CCCCCN1NC(=O)CCC1=O. The number of amides is 2. The summed E-state index contributed by atoms with van der Waals surface area (Å²) in [5.74, 6) is -0.00759. The number of carbonyl (C=O) groups is 2. The lowest BCUT2D eigenvalue weighted by Crippen LogP contribution is -2.50. The lowest BCUT2D eigenvalue weighted by molar-refractivity contribution is -0.147. The molecule has 4 nitrogen and oxygen atoms in total. The van der Waals surface area contributed by atoms with Gasteiger partial charge >= 0.3 is 0 Å². The highest BCUT2D eigenvalue weighted by Gasteiger charge is 2.21. The maximum atomic E-state index is 11.2. The van der Waals surface area contributed by atoms with Crippen LogP contribution in [-0.2, 0) is 9.59 Å². The molecule has 0 bridgehead atoms. The number of carbonyl (C=O) groups excluding carboxylic acids is 2. The summed E-state index contributed by atoms with van der Waals surface area (Å²) in [6, 6.07) is 0. The van der Waals surface area contributed by atoms with Gasteiger partial charge in [0.2, 0.25) is 11.8 Å². The van der Waals surface area contributed by atoms with Crippen molar-refractivity contribution in [3.63, 3.8) is 0 Å². The number of unbranched alkanes of at least 4 members (excludes halogenated alkanes) is 2. The number of nitrogens with zero attached hydrogens (tertiary/aromatic N) is 1. The van der Waals surface area contributed by atoms with Gasteiger partial charge in [-0.05, 0) is 6.42 Å². The van der Waals surface area contributed by atoms with E-state index in [0.717, 1.165) is 19.3 Å². The van der Waals surface area contributed by atoms with Crippen LogP contribution in [0, 0.1) is 0 Å². The Labute approximate surface area is 78.3 Å². The van der Waals surface area contributed by atoms with Gasteiger partial charge < -0.3 is 0 Å². The number of hydrogen-bond donors (Lipinski definition) is 1. The topological polar surface area (TPSA) is 49.4 Å². The molecule has 0 spiro atoms. The molecular formula is C9H16N2O2. The molecule has 4 heteroatoms. The summed E-state index contributed by atoms with van der Waals surface area (Å²) in [6.07, 6.45) is 3.87. The van der Waals surface area contributed by atoms with E-state index >= 15 is 0 Å². The Kier molecular flexibility index (Phi) is 3.73. The minimum absolute atomic E-state index is 0.0377. The molecule has 0 aromatic carbocycles. The molecule has 1 heterocycles. The van der Waals surface area contributed by atoms with Crippen LogP contribution in [0.1, 0.15) is 39.0 Å². The fourth-order valence-corrected chi connectivity index (χ4v) is 1.32. The molecule has 0 aliphatic carbocycles. The van der Waals surface area contributed by atoms with Gasteiger partial charge in [0.1, 0.15) is 0 Å². The molecule has 1 fully saturated rings. The molecule has 0 atom stereocenters. The second-order valence-corrected chi connectivity index (χ2v) is 3.29. The number of nitrogens with one attached hydrogen (secondary N) is 1. The third kappa shape index (κ3) is 3.05. The lowest BCUT2D eigenvalue weighted by atomic mass is 10.2. The predicted octanol–water partition coefficient (Wildman–Crippen LogP) is 0.830. The summed E-state index contributed by atoms with van der Waals surface area (Å²) in [7, 11) is 0. The van der Waals surface area contributed by atoms with Crippen LogP contribution in [0.2, 0.25) is 0 Å². The molecule has 1 N–H and O–H groups in total. The maximum absolute atomic E-state index is 11.2. The molecule has 0 radical (unpaired) electrons. The van der Waals surface area contributed by atoms with E-state index in [2.05, 4.69) is 12.3 Å². The molecular weight excluding hydrogens is 168 g/mol. The van der Waals surface area contributed by atoms with E-state index in [4.69, 9.17) is 0 Å². The average Bonchev–Trinajstić information content (AvgIpc) is 2.11. The third-order valence-corrected chi connectivity index (χ3v) is 2.11. The van der Waals surface area contributed by atoms with Crippen molar-refractivity contribution < 1.29 is 9.59 Å². The van der Waals surface area contributed by atoms with E-state index in [1.54, 1.807) is 0 Å². The summed E-state index contributed by atoms with van der Waals surface area (Å²) in [4.78, 5) is 22.2. The fourth-order valence-electron chi connectivity index (χ4n) is 1.32. The fraction of sp³-hybridized carbons (Fsp3) is 0.778. The largest absolute Gasteiger partial charge is 0.273 e. The smallest absolute Gasteiger partial charge is 0.241 e. The number of rotatable bonds is 4. The minimum atomic E-state index is -0.0453. The highest BCUT2D eigenvalue weighted by atomic mass is 16.2. The molecule has 13 heavy (non-hydrogen) atoms. The summed E-state index contributed by atoms with van der Waals surface area (Å²) in [5.41, 5.74) is 2.57. The summed E-state index contributed by atoms with van der Waals surface area (Å²) < 4.78 is 0. The molecule has 2 amide bonds. The Hall–Kier alpha value is -1.06. The lowest BCUT2D eigenvalue weighted by Gasteiger charge is -2.26. The molecule has 0 saturated carbocycles. The van der Waals surface area contributed by atoms with Crippen LogP contribution in [0.5, 0.6) is 0 Å². The second-order valence-electron chi connectivity index (χ2n) is 3.29. The molecule has 1 rings (SSSR count). The quantitative estimate of drug-likeness (QED) is 0.658. The van der Waals surface area contributed by atoms with Gasteiger partial charge in [0.05, 0.1) is 0 Å². The van der Waals surface area contributed by atoms with Crippen molar-refractivity contribution in [1.82, 2.24) is 10.4 Å². The van der Waals surface area contributed by atoms with Crippen LogP contribution in [0.4, 0.5) is 0 Å². The van der Waals surface area contributed by atoms with Crippen molar-refractivity contribution in [2.45, 2.75) is 39.0 Å². The highest BCUT2D eigenvalue weighted by Crippen LogP contribution is 2.05. The number of hydrogen-bond acceptors (Lipinski definition) is 2. The van der Waals surface area contributed by atoms with E-state index in [1.165, 1.54) is 5.01 Å². The maximum Gasteiger partial charge on any atom is 0.241 e. The van der Waals surface area contributed by atoms with Crippen molar-refractivity contribution in [2.75, 3.05) is 6.54 Å². The zero-order chi connectivity index (χ0) is 9.68. The second kappa shape index (κ2) is 4.84. The van der Waals surface area contributed by atoms with Crippen LogP contribution in [0.3, 0.4) is 0 Å². The molecule has 1 aliphatic heterocycles. The van der Waals surface area contributed by atoms with Gasteiger partial charge in [-0.25, -0.2) is 0 Å². The van der Waals surface area contributed by atoms with Gasteiger partial charge in [-0.15, -0.1) is 0 Å². The third-order valence-electron chi connectivity index (χ3n) is 2.11. The molecule has 0 aromatic heterocycles. The van der Waals surface area contributed by atoms with E-state index in [1.807, 2.05) is 0 Å². The number of hydrazine groups is 1. The van der Waals surface area contributed by atoms with Crippen molar-refractivity contribution in [2.24, 2.45) is 0 Å². The Morgan fingerprint density at radius 3 is 2.77 bits per heavy atom. The predicted molar refractivity (Wildman–Crippen MR) is 48.6 cm³/mol. The zero-order valence-corrected chi connectivity index (χ0v) is 8.01. The molecule has 0 unspecified atom stereocenters. The highest BCUT2D eigenvalue weighted by molar-refractivity contribution is 5.89. The van der Waals surface area contributed by atoms with Crippen LogP contribution in [0.15, 0.2) is 0 Å². The molecule has 1 saturated heterocycles. The zero-order valence-electron chi connectivity index (χ0n) is 8.01. The Bertz CT molecular complexity index is 204. The van der Waals surface area contributed by atoms with Gasteiger partial charge in [-0.3, -0.25) is 20.0 Å². The summed E-state index contributed by atoms with van der Waals surface area (Å²) in [6.45, 7) is 2.76. The van der Waals surface area contributed by atoms with Gasteiger partial charge in [0, 0.05) is 19.4 Å². The van der Waals surface area contributed by atoms with Gasteiger partial charge in [-0.1, -0.05) is 19.8 Å². The average molecular weight is 184 g/mol. The van der Waals surface area contributed by atoms with Crippen molar-refractivity contribution in [3.05, 3.63) is 0 Å². The molecule has 0 aromatic rings. The first kappa shape index (κ1) is 10.0. The van der Waals surface area contributed by atoms with E-state index in [9.17, 15) is 9.59 Å². The first-order valence-electron chi connectivity index (χ1n) is 4.84. The van der Waals surface area contributed by atoms with Crippen molar-refractivity contribution >= 4 is 11.8 Å².